The zero-order valence-electron chi connectivity index (χ0n) is 16.9. The smallest absolute Gasteiger partial charge is 0.263 e. The summed E-state index contributed by atoms with van der Waals surface area (Å²) in [6.45, 7) is 4.04. The normalized spacial score (nSPS) is 19.7. The highest BCUT2D eigenvalue weighted by Crippen LogP contribution is 2.33. The van der Waals surface area contributed by atoms with Gasteiger partial charge in [0.1, 0.15) is 12.3 Å². The maximum Gasteiger partial charge on any atom is 0.263 e. The highest BCUT2D eigenvalue weighted by atomic mass is 35.5. The van der Waals surface area contributed by atoms with Gasteiger partial charge in [0.25, 0.3) is 11.8 Å². The first-order valence-corrected chi connectivity index (χ1v) is 10.1. The van der Waals surface area contributed by atoms with Crippen molar-refractivity contribution in [2.75, 3.05) is 23.4 Å². The Bertz CT molecular complexity index is 1070. The standard InChI is InChI=1S/C21H20ClN5O4/c1-3-31-15-8-5-13(6-9-15)23-17(28)11-26-19-18(24-25-26)20(29)27(21(19)30)14-7-4-12(2)16(22)10-14/h4-10,18-19H,3,11H2,1-2H3,(H,23,28)/t18-,19+/m0/s1. The van der Waals surface area contributed by atoms with Gasteiger partial charge in [0.15, 0.2) is 12.1 Å². The van der Waals surface area contributed by atoms with Gasteiger partial charge in [0.2, 0.25) is 5.91 Å². The van der Waals surface area contributed by atoms with Crippen LogP contribution in [0.15, 0.2) is 52.8 Å². The molecular formula is C21H20ClN5O4. The van der Waals surface area contributed by atoms with Crippen molar-refractivity contribution in [2.45, 2.75) is 25.9 Å². The van der Waals surface area contributed by atoms with Crippen molar-refractivity contribution in [3.05, 3.63) is 53.1 Å². The van der Waals surface area contributed by atoms with Gasteiger partial charge in [-0.25, -0.2) is 4.90 Å². The highest BCUT2D eigenvalue weighted by molar-refractivity contribution is 6.32. The molecule has 2 aromatic rings. The first kappa shape index (κ1) is 20.8. The van der Waals surface area contributed by atoms with Gasteiger partial charge in [0, 0.05) is 10.7 Å². The Balaban J connectivity index is 1.45. The summed E-state index contributed by atoms with van der Waals surface area (Å²) in [6.07, 6.45) is 0. The number of nitrogens with one attached hydrogen (secondary N) is 1. The van der Waals surface area contributed by atoms with Crippen LogP contribution in [0.25, 0.3) is 0 Å². The van der Waals surface area contributed by atoms with Crippen LogP contribution in [0.5, 0.6) is 5.75 Å². The number of imide groups is 1. The SMILES string of the molecule is CCOc1ccc(NC(=O)CN2N=N[C@@H]3C(=O)N(c4ccc(C)c(Cl)c4)C(=O)[C@@H]32)cc1. The van der Waals surface area contributed by atoms with E-state index in [1.807, 2.05) is 13.8 Å². The lowest BCUT2D eigenvalue weighted by Crippen LogP contribution is -2.43. The molecule has 0 unspecified atom stereocenters. The number of ether oxygens (including phenoxy) is 1. The molecule has 3 amide bonds. The van der Waals surface area contributed by atoms with Gasteiger partial charge in [-0.2, -0.15) is 5.11 Å². The molecular weight excluding hydrogens is 422 g/mol. The van der Waals surface area contributed by atoms with E-state index in [-0.39, 0.29) is 12.5 Å². The van der Waals surface area contributed by atoms with Crippen LogP contribution in [0.3, 0.4) is 0 Å². The molecule has 1 N–H and O–H groups in total. The summed E-state index contributed by atoms with van der Waals surface area (Å²) < 4.78 is 5.37. The molecule has 1 fully saturated rings. The largest absolute Gasteiger partial charge is 0.494 e. The van der Waals surface area contributed by atoms with Gasteiger partial charge in [-0.3, -0.25) is 19.4 Å². The summed E-state index contributed by atoms with van der Waals surface area (Å²) in [5.41, 5.74) is 1.77. The molecule has 1 saturated heterocycles. The number of hydrogen-bond donors (Lipinski definition) is 1. The van der Waals surface area contributed by atoms with E-state index in [0.717, 1.165) is 10.5 Å². The molecule has 0 aromatic heterocycles. The molecule has 9 nitrogen and oxygen atoms in total. The molecule has 0 radical (unpaired) electrons. The number of rotatable bonds is 6. The van der Waals surface area contributed by atoms with Gasteiger partial charge >= 0.3 is 0 Å². The summed E-state index contributed by atoms with van der Waals surface area (Å²) >= 11 is 6.15. The van der Waals surface area contributed by atoms with Crippen LogP contribution in [0.2, 0.25) is 5.02 Å². The fraction of sp³-hybridized carbons (Fsp3) is 0.286. The van der Waals surface area contributed by atoms with Crippen LogP contribution >= 0.6 is 11.6 Å². The van der Waals surface area contributed by atoms with Crippen molar-refractivity contribution in [3.8, 4) is 5.75 Å². The second-order valence-corrected chi connectivity index (χ2v) is 7.55. The van der Waals surface area contributed by atoms with E-state index in [1.54, 1.807) is 42.5 Å². The van der Waals surface area contributed by atoms with Crippen LogP contribution in [0, 0.1) is 6.92 Å². The summed E-state index contributed by atoms with van der Waals surface area (Å²) in [7, 11) is 0. The number of hydrogen-bond acceptors (Lipinski definition) is 7. The van der Waals surface area contributed by atoms with Crippen molar-refractivity contribution in [1.82, 2.24) is 5.01 Å². The fourth-order valence-corrected chi connectivity index (χ4v) is 3.65. The second-order valence-electron chi connectivity index (χ2n) is 7.14. The molecule has 0 saturated carbocycles. The number of aryl methyl sites for hydroxylation is 1. The third kappa shape index (κ3) is 3.96. The number of amides is 3. The van der Waals surface area contributed by atoms with Crippen LogP contribution in [-0.4, -0.2) is 48.0 Å². The summed E-state index contributed by atoms with van der Waals surface area (Å²) in [5.74, 6) is -0.675. The van der Waals surface area contributed by atoms with Crippen molar-refractivity contribution in [2.24, 2.45) is 10.3 Å². The lowest BCUT2D eigenvalue weighted by Gasteiger charge is -2.20. The van der Waals surface area contributed by atoms with Crippen molar-refractivity contribution < 1.29 is 19.1 Å². The van der Waals surface area contributed by atoms with Gasteiger partial charge in [-0.05, 0) is 55.8 Å². The van der Waals surface area contributed by atoms with Gasteiger partial charge in [0.05, 0.1) is 12.3 Å². The van der Waals surface area contributed by atoms with Crippen molar-refractivity contribution >= 4 is 40.7 Å². The Morgan fingerprint density at radius 2 is 1.90 bits per heavy atom. The van der Waals surface area contributed by atoms with Gasteiger partial charge < -0.3 is 10.1 Å². The number of anilines is 2. The first-order chi connectivity index (χ1) is 14.9. The van der Waals surface area contributed by atoms with E-state index in [0.29, 0.717) is 28.8 Å². The number of fused-ring (bicyclic) bond motifs is 1. The predicted molar refractivity (Wildman–Crippen MR) is 114 cm³/mol. The van der Waals surface area contributed by atoms with E-state index in [1.165, 1.54) is 5.01 Å². The van der Waals surface area contributed by atoms with Crippen molar-refractivity contribution in [3.63, 3.8) is 0 Å². The molecule has 10 heteroatoms. The zero-order valence-corrected chi connectivity index (χ0v) is 17.7. The number of benzene rings is 2. The monoisotopic (exact) mass is 441 g/mol. The number of carbonyl (C=O) groups excluding carboxylic acids is 3. The molecule has 2 aliphatic rings. The first-order valence-electron chi connectivity index (χ1n) is 9.73. The predicted octanol–water partition coefficient (Wildman–Crippen LogP) is 2.98. The maximum atomic E-state index is 13.0. The van der Waals surface area contributed by atoms with Gasteiger partial charge in [-0.1, -0.05) is 22.9 Å². The Hall–Kier alpha value is -3.46. The Morgan fingerprint density at radius 3 is 2.58 bits per heavy atom. The molecule has 0 spiro atoms. The molecule has 2 aromatic carbocycles. The second kappa shape index (κ2) is 8.35. The van der Waals surface area contributed by atoms with E-state index < -0.39 is 23.9 Å². The molecule has 2 atom stereocenters. The third-order valence-corrected chi connectivity index (χ3v) is 5.43. The van der Waals surface area contributed by atoms with Crippen LogP contribution in [0.1, 0.15) is 12.5 Å². The van der Waals surface area contributed by atoms with Crippen molar-refractivity contribution in [1.29, 1.82) is 0 Å². The Kier molecular flexibility index (Phi) is 5.60. The Morgan fingerprint density at radius 1 is 1.16 bits per heavy atom. The lowest BCUT2D eigenvalue weighted by molar-refractivity contribution is -0.123. The van der Waals surface area contributed by atoms with E-state index in [9.17, 15) is 14.4 Å². The molecule has 2 heterocycles. The van der Waals surface area contributed by atoms with Crippen LogP contribution in [0.4, 0.5) is 11.4 Å². The van der Waals surface area contributed by atoms with Gasteiger partial charge in [-0.15, -0.1) is 0 Å². The number of nitrogens with zero attached hydrogens (tertiary/aromatic N) is 4. The van der Waals surface area contributed by atoms with Crippen LogP contribution < -0.4 is 15.0 Å². The average Bonchev–Trinajstić information content (AvgIpc) is 3.25. The molecule has 0 bridgehead atoms. The summed E-state index contributed by atoms with van der Waals surface area (Å²) in [5, 5.41) is 12.2. The Labute approximate surface area is 183 Å². The maximum absolute atomic E-state index is 13.0. The number of halogens is 1. The molecule has 4 rings (SSSR count). The topological polar surface area (TPSA) is 104 Å². The van der Waals surface area contributed by atoms with E-state index >= 15 is 0 Å². The van der Waals surface area contributed by atoms with Crippen LogP contribution in [-0.2, 0) is 14.4 Å². The molecule has 31 heavy (non-hydrogen) atoms. The molecule has 2 aliphatic heterocycles. The minimum Gasteiger partial charge on any atom is -0.494 e. The van der Waals surface area contributed by atoms with E-state index in [4.69, 9.17) is 16.3 Å². The summed E-state index contributed by atoms with van der Waals surface area (Å²) in [6, 6.07) is 9.92. The zero-order chi connectivity index (χ0) is 22.1. The average molecular weight is 442 g/mol. The highest BCUT2D eigenvalue weighted by Gasteiger charge is 2.55. The third-order valence-electron chi connectivity index (χ3n) is 5.03. The summed E-state index contributed by atoms with van der Waals surface area (Å²) in [4.78, 5) is 39.3. The fourth-order valence-electron chi connectivity index (χ4n) is 3.48. The number of carbonyl (C=O) groups is 3. The van der Waals surface area contributed by atoms with E-state index in [2.05, 4.69) is 15.7 Å². The minimum atomic E-state index is -0.981. The molecule has 0 aliphatic carbocycles. The lowest BCUT2D eigenvalue weighted by atomic mass is 10.1. The minimum absolute atomic E-state index is 0.223. The molecule has 160 valence electrons. The quantitative estimate of drug-likeness (QED) is 0.694.